The van der Waals surface area contributed by atoms with Crippen molar-refractivity contribution in [3.63, 3.8) is 0 Å². The fourth-order valence-corrected chi connectivity index (χ4v) is 11.9. The minimum atomic E-state index is -0.970. The van der Waals surface area contributed by atoms with Gasteiger partial charge in [-0.25, -0.2) is 0 Å². The number of nitrogens with one attached hydrogen (secondary N) is 1. The van der Waals surface area contributed by atoms with E-state index in [-0.39, 0.29) is 35.0 Å². The Hall–Kier alpha value is -2.63. The van der Waals surface area contributed by atoms with Gasteiger partial charge < -0.3 is 15.5 Å². The minimum absolute atomic E-state index is 0.00785. The Morgan fingerprint density at radius 3 is 2.24 bits per heavy atom. The van der Waals surface area contributed by atoms with E-state index in [4.69, 9.17) is 5.11 Å². The van der Waals surface area contributed by atoms with Crippen LogP contribution in [-0.4, -0.2) is 28.1 Å². The number of carbonyl (C=O) groups excluding carboxylic acids is 1. The standard InChI is InChI=1S/C36H49NO5/c1-33(2)25(22-7-9-23(10-8-22)37-30(38)13-14-31(39)40)15-19-35(4)28(33)17-20-34(3)26-16-21-36(32(41)42)18-5-6-27(36)24(26)11-12-29(34)35/h7-10,15,24,26-29H,5-6,11-14,16-21H2,1-4H3,(H,37,38)(H,39,40)(H,41,42). The molecule has 0 aliphatic heterocycles. The van der Waals surface area contributed by atoms with Gasteiger partial charge in [0.1, 0.15) is 0 Å². The predicted octanol–water partition coefficient (Wildman–Crippen LogP) is 8.03. The van der Waals surface area contributed by atoms with Crippen molar-refractivity contribution in [2.45, 2.75) is 105 Å². The molecule has 1 amide bonds. The summed E-state index contributed by atoms with van der Waals surface area (Å²) in [5.74, 6) is 1.05. The smallest absolute Gasteiger partial charge is 0.309 e. The number of amides is 1. The maximum Gasteiger partial charge on any atom is 0.309 e. The lowest BCUT2D eigenvalue weighted by Gasteiger charge is -2.68. The number of anilines is 1. The second-order valence-electron chi connectivity index (χ2n) is 15.6. The molecule has 0 saturated heterocycles. The van der Waals surface area contributed by atoms with Gasteiger partial charge in [0.05, 0.1) is 11.8 Å². The summed E-state index contributed by atoms with van der Waals surface area (Å²) in [4.78, 5) is 35.4. The first kappa shape index (κ1) is 29.4. The lowest BCUT2D eigenvalue weighted by Crippen LogP contribution is -2.61. The maximum atomic E-state index is 12.5. The van der Waals surface area contributed by atoms with Crippen molar-refractivity contribution < 1.29 is 24.6 Å². The molecule has 1 aromatic carbocycles. The third-order valence-electron chi connectivity index (χ3n) is 13.6. The molecule has 6 nitrogen and oxygen atoms in total. The van der Waals surface area contributed by atoms with Crippen LogP contribution in [0.25, 0.3) is 5.57 Å². The maximum absolute atomic E-state index is 12.5. The summed E-state index contributed by atoms with van der Waals surface area (Å²) < 4.78 is 0. The van der Waals surface area contributed by atoms with Gasteiger partial charge in [-0.15, -0.1) is 0 Å². The van der Waals surface area contributed by atoms with E-state index in [1.807, 2.05) is 12.1 Å². The molecule has 42 heavy (non-hydrogen) atoms. The van der Waals surface area contributed by atoms with Crippen molar-refractivity contribution in [2.24, 2.45) is 51.2 Å². The van der Waals surface area contributed by atoms with Gasteiger partial charge >= 0.3 is 11.9 Å². The van der Waals surface area contributed by atoms with Crippen LogP contribution in [0, 0.1) is 51.2 Å². The van der Waals surface area contributed by atoms with E-state index in [1.165, 1.54) is 36.8 Å². The number of carbonyl (C=O) groups is 3. The number of carboxylic acids is 2. The van der Waals surface area contributed by atoms with Gasteiger partial charge in [0.25, 0.3) is 0 Å². The number of rotatable bonds is 6. The molecule has 0 radical (unpaired) electrons. The van der Waals surface area contributed by atoms with Crippen molar-refractivity contribution >= 4 is 29.1 Å². The average Bonchev–Trinajstić information content (AvgIpc) is 3.38. The van der Waals surface area contributed by atoms with E-state index in [9.17, 15) is 19.5 Å². The number of allylic oxidation sites excluding steroid dienone is 2. The number of benzene rings is 1. The quantitative estimate of drug-likeness (QED) is 0.319. The van der Waals surface area contributed by atoms with Crippen LogP contribution in [0.15, 0.2) is 30.3 Å². The zero-order chi connectivity index (χ0) is 30.1. The molecule has 4 fully saturated rings. The lowest BCUT2D eigenvalue weighted by molar-refractivity contribution is -0.187. The van der Waals surface area contributed by atoms with Gasteiger partial charge in [-0.2, -0.15) is 0 Å². The molecule has 5 aliphatic carbocycles. The van der Waals surface area contributed by atoms with E-state index in [1.54, 1.807) is 0 Å². The first-order chi connectivity index (χ1) is 19.8. The molecule has 5 aliphatic rings. The Bertz CT molecular complexity index is 1300. The molecule has 0 aromatic heterocycles. The SMILES string of the molecule is CC1(C)C(c2ccc(NC(=O)CCC(=O)O)cc2)=CCC2(C)C1CCC1(C)C3CCC4(C(=O)O)CCCC4C3CCC12. The van der Waals surface area contributed by atoms with Crippen LogP contribution in [-0.2, 0) is 14.4 Å². The number of fused-ring (bicyclic) bond motifs is 7. The Kier molecular flexibility index (Phi) is 7.17. The number of hydrogen-bond acceptors (Lipinski definition) is 3. The molecule has 6 heteroatoms. The number of hydrogen-bond donors (Lipinski definition) is 3. The second kappa shape index (κ2) is 10.2. The largest absolute Gasteiger partial charge is 0.481 e. The fourth-order valence-electron chi connectivity index (χ4n) is 11.9. The van der Waals surface area contributed by atoms with Crippen molar-refractivity contribution in [3.05, 3.63) is 35.9 Å². The molecule has 8 unspecified atom stereocenters. The van der Waals surface area contributed by atoms with E-state index in [2.05, 4.69) is 51.2 Å². The summed E-state index contributed by atoms with van der Waals surface area (Å²) in [6.45, 7) is 10.0. The molecule has 3 N–H and O–H groups in total. The van der Waals surface area contributed by atoms with Crippen LogP contribution >= 0.6 is 0 Å². The molecule has 1 aromatic rings. The van der Waals surface area contributed by atoms with Crippen LogP contribution < -0.4 is 5.32 Å². The summed E-state index contributed by atoms with van der Waals surface area (Å²) in [7, 11) is 0. The van der Waals surface area contributed by atoms with Gasteiger partial charge in [-0.1, -0.05) is 52.3 Å². The molecular formula is C36H49NO5. The first-order valence-electron chi connectivity index (χ1n) is 16.4. The monoisotopic (exact) mass is 575 g/mol. The zero-order valence-corrected chi connectivity index (χ0v) is 25.9. The van der Waals surface area contributed by atoms with Crippen molar-refractivity contribution in [3.8, 4) is 0 Å². The topological polar surface area (TPSA) is 104 Å². The van der Waals surface area contributed by atoms with Crippen LogP contribution in [0.1, 0.15) is 110 Å². The highest BCUT2D eigenvalue weighted by Gasteiger charge is 2.66. The van der Waals surface area contributed by atoms with Crippen LogP contribution in [0.4, 0.5) is 5.69 Å². The average molecular weight is 576 g/mol. The van der Waals surface area contributed by atoms with Gasteiger partial charge in [-0.3, -0.25) is 14.4 Å². The molecule has 0 spiro atoms. The highest BCUT2D eigenvalue weighted by atomic mass is 16.4. The predicted molar refractivity (Wildman–Crippen MR) is 164 cm³/mol. The second-order valence-corrected chi connectivity index (χ2v) is 15.6. The Balaban J connectivity index is 1.23. The summed E-state index contributed by atoms with van der Waals surface area (Å²) in [5, 5.41) is 22.0. The highest BCUT2D eigenvalue weighted by molar-refractivity contribution is 5.92. The van der Waals surface area contributed by atoms with Gasteiger partial charge in [0, 0.05) is 12.1 Å². The molecule has 0 bridgehead atoms. The van der Waals surface area contributed by atoms with Crippen LogP contribution in [0.3, 0.4) is 0 Å². The van der Waals surface area contributed by atoms with E-state index < -0.39 is 17.4 Å². The van der Waals surface area contributed by atoms with Crippen LogP contribution in [0.5, 0.6) is 0 Å². The van der Waals surface area contributed by atoms with Crippen molar-refractivity contribution in [1.29, 1.82) is 0 Å². The Labute approximate surface area is 250 Å². The summed E-state index contributed by atoms with van der Waals surface area (Å²) in [6.07, 6.45) is 13.3. The Morgan fingerprint density at radius 2 is 1.55 bits per heavy atom. The normalized spacial score (nSPS) is 40.0. The number of aliphatic carboxylic acids is 2. The van der Waals surface area contributed by atoms with E-state index >= 15 is 0 Å². The molecule has 8 atom stereocenters. The number of carboxylic acid groups (broad SMARTS) is 2. The third-order valence-corrected chi connectivity index (χ3v) is 13.6. The van der Waals surface area contributed by atoms with Gasteiger partial charge in [0.2, 0.25) is 5.91 Å². The van der Waals surface area contributed by atoms with Gasteiger partial charge in [0.15, 0.2) is 0 Å². The molecule has 0 heterocycles. The zero-order valence-electron chi connectivity index (χ0n) is 25.9. The lowest BCUT2D eigenvalue weighted by atomic mass is 9.36. The molecule has 4 saturated carbocycles. The highest BCUT2D eigenvalue weighted by Crippen LogP contribution is 2.73. The van der Waals surface area contributed by atoms with E-state index in [0.29, 0.717) is 35.3 Å². The first-order valence-corrected chi connectivity index (χ1v) is 16.4. The summed E-state index contributed by atoms with van der Waals surface area (Å²) in [5.41, 5.74) is 3.34. The Morgan fingerprint density at radius 1 is 0.810 bits per heavy atom. The van der Waals surface area contributed by atoms with Crippen LogP contribution in [0.2, 0.25) is 0 Å². The molecular weight excluding hydrogens is 526 g/mol. The molecule has 228 valence electrons. The molecule has 6 rings (SSSR count). The van der Waals surface area contributed by atoms with Gasteiger partial charge in [-0.05, 0) is 127 Å². The third kappa shape index (κ3) is 4.37. The fraction of sp³-hybridized carbons (Fsp3) is 0.694. The summed E-state index contributed by atoms with van der Waals surface area (Å²) in [6, 6.07) is 8.06. The van der Waals surface area contributed by atoms with E-state index in [0.717, 1.165) is 38.5 Å². The summed E-state index contributed by atoms with van der Waals surface area (Å²) >= 11 is 0. The van der Waals surface area contributed by atoms with Crippen molar-refractivity contribution in [1.82, 2.24) is 0 Å². The minimum Gasteiger partial charge on any atom is -0.481 e. The van der Waals surface area contributed by atoms with Crippen molar-refractivity contribution in [2.75, 3.05) is 5.32 Å².